The Morgan fingerprint density at radius 3 is 2.46 bits per heavy atom. The number of amides is 1. The third-order valence-electron chi connectivity index (χ3n) is 3.84. The molecule has 124 valence electrons. The largest absolute Gasteiger partial charge is 0.493 e. The van der Waals surface area contributed by atoms with Gasteiger partial charge in [-0.2, -0.15) is 5.26 Å². The van der Waals surface area contributed by atoms with Gasteiger partial charge in [-0.05, 0) is 55.3 Å². The first-order chi connectivity index (χ1) is 11.5. The second-order valence-electron chi connectivity index (χ2n) is 5.45. The Labute approximate surface area is 141 Å². The van der Waals surface area contributed by atoms with Crippen LogP contribution in [0.4, 0.5) is 0 Å². The molecular formula is C19H20N2O3. The third-order valence-corrected chi connectivity index (χ3v) is 3.84. The molecule has 0 saturated carbocycles. The van der Waals surface area contributed by atoms with Crippen LogP contribution < -0.4 is 14.8 Å². The van der Waals surface area contributed by atoms with Gasteiger partial charge in [0.25, 0.3) is 5.91 Å². The van der Waals surface area contributed by atoms with Crippen LogP contribution in [0.3, 0.4) is 0 Å². The summed E-state index contributed by atoms with van der Waals surface area (Å²) in [5.74, 6) is 1.04. The van der Waals surface area contributed by atoms with Crippen LogP contribution in [0.15, 0.2) is 36.4 Å². The Balaban J connectivity index is 2.24. The number of hydrogen-bond acceptors (Lipinski definition) is 4. The van der Waals surface area contributed by atoms with Gasteiger partial charge in [0.15, 0.2) is 11.5 Å². The van der Waals surface area contributed by atoms with Gasteiger partial charge in [-0.1, -0.05) is 6.07 Å². The average Bonchev–Trinajstić information content (AvgIpc) is 2.61. The zero-order valence-electron chi connectivity index (χ0n) is 14.2. The number of carbonyl (C=O) groups excluding carboxylic acids is 1. The molecule has 2 aromatic carbocycles. The highest BCUT2D eigenvalue weighted by Gasteiger charge is 2.16. The predicted molar refractivity (Wildman–Crippen MR) is 91.3 cm³/mol. The summed E-state index contributed by atoms with van der Waals surface area (Å²) in [6.45, 7) is 3.86. The predicted octanol–water partition coefficient (Wildman–Crippen LogP) is 3.37. The van der Waals surface area contributed by atoms with Crippen molar-refractivity contribution < 1.29 is 14.3 Å². The van der Waals surface area contributed by atoms with E-state index in [1.807, 2.05) is 32.0 Å². The van der Waals surface area contributed by atoms with Crippen LogP contribution in [0, 0.1) is 18.3 Å². The average molecular weight is 324 g/mol. The molecule has 0 saturated heterocycles. The maximum atomic E-state index is 12.4. The summed E-state index contributed by atoms with van der Waals surface area (Å²) >= 11 is 0. The molecule has 0 aliphatic heterocycles. The highest BCUT2D eigenvalue weighted by molar-refractivity contribution is 5.94. The molecule has 2 rings (SSSR count). The molecule has 0 spiro atoms. The van der Waals surface area contributed by atoms with Crippen LogP contribution in [0.2, 0.25) is 0 Å². The van der Waals surface area contributed by atoms with E-state index < -0.39 is 0 Å². The van der Waals surface area contributed by atoms with Crippen molar-refractivity contribution in [2.75, 3.05) is 14.2 Å². The minimum absolute atomic E-state index is 0.219. The van der Waals surface area contributed by atoms with Crippen LogP contribution in [0.1, 0.15) is 40.0 Å². The van der Waals surface area contributed by atoms with Crippen molar-refractivity contribution in [1.82, 2.24) is 5.32 Å². The normalized spacial score (nSPS) is 11.3. The lowest BCUT2D eigenvalue weighted by Gasteiger charge is -2.19. The van der Waals surface area contributed by atoms with Crippen LogP contribution in [-0.4, -0.2) is 20.1 Å². The number of hydrogen-bond donors (Lipinski definition) is 1. The van der Waals surface area contributed by atoms with Crippen LogP contribution >= 0.6 is 0 Å². The van der Waals surface area contributed by atoms with E-state index in [1.165, 1.54) is 0 Å². The molecule has 5 heteroatoms. The van der Waals surface area contributed by atoms with Gasteiger partial charge in [0.1, 0.15) is 0 Å². The maximum absolute atomic E-state index is 12.4. The smallest absolute Gasteiger partial charge is 0.251 e. The first-order valence-electron chi connectivity index (χ1n) is 7.53. The summed E-state index contributed by atoms with van der Waals surface area (Å²) in [6.07, 6.45) is 0. The molecule has 2 aromatic rings. The molecule has 0 heterocycles. The van der Waals surface area contributed by atoms with Gasteiger partial charge in [-0.15, -0.1) is 0 Å². The summed E-state index contributed by atoms with van der Waals surface area (Å²) in [5.41, 5.74) is 2.85. The van der Waals surface area contributed by atoms with E-state index in [2.05, 4.69) is 5.32 Å². The van der Waals surface area contributed by atoms with Gasteiger partial charge in [0, 0.05) is 5.56 Å². The maximum Gasteiger partial charge on any atom is 0.251 e. The summed E-state index contributed by atoms with van der Waals surface area (Å²) < 4.78 is 10.6. The van der Waals surface area contributed by atoms with Crippen LogP contribution in [0.25, 0.3) is 0 Å². The lowest BCUT2D eigenvalue weighted by Crippen LogP contribution is -2.27. The van der Waals surface area contributed by atoms with E-state index in [0.717, 1.165) is 11.1 Å². The van der Waals surface area contributed by atoms with Crippen molar-refractivity contribution in [2.45, 2.75) is 19.9 Å². The second-order valence-corrected chi connectivity index (χ2v) is 5.45. The van der Waals surface area contributed by atoms with Crippen LogP contribution in [0.5, 0.6) is 11.5 Å². The summed E-state index contributed by atoms with van der Waals surface area (Å²) in [7, 11) is 3.16. The van der Waals surface area contributed by atoms with E-state index in [9.17, 15) is 4.79 Å². The Hall–Kier alpha value is -3.00. The Kier molecular flexibility index (Phi) is 5.43. The van der Waals surface area contributed by atoms with E-state index in [0.29, 0.717) is 22.6 Å². The fourth-order valence-electron chi connectivity index (χ4n) is 2.55. The summed E-state index contributed by atoms with van der Waals surface area (Å²) in [5, 5.41) is 11.9. The molecule has 5 nitrogen and oxygen atoms in total. The fraction of sp³-hybridized carbons (Fsp3) is 0.263. The number of ether oxygens (including phenoxy) is 2. The van der Waals surface area contributed by atoms with E-state index >= 15 is 0 Å². The summed E-state index contributed by atoms with van der Waals surface area (Å²) in [4.78, 5) is 12.4. The standard InChI is InChI=1S/C19H20N2O3/c1-12-8-17(23-3)18(24-4)10-16(12)13(2)21-19(22)15-7-5-6-14(9-15)11-20/h5-10,13H,1-4H3,(H,21,22)/t13-/m0/s1. The molecule has 0 bridgehead atoms. The first kappa shape index (κ1) is 17.4. The monoisotopic (exact) mass is 324 g/mol. The lowest BCUT2D eigenvalue weighted by atomic mass is 10.0. The van der Waals surface area contributed by atoms with Crippen molar-refractivity contribution in [3.63, 3.8) is 0 Å². The number of rotatable bonds is 5. The van der Waals surface area contributed by atoms with Crippen molar-refractivity contribution >= 4 is 5.91 Å². The van der Waals surface area contributed by atoms with Gasteiger partial charge < -0.3 is 14.8 Å². The molecule has 0 aromatic heterocycles. The fourth-order valence-corrected chi connectivity index (χ4v) is 2.55. The van der Waals surface area contributed by atoms with E-state index in [-0.39, 0.29) is 11.9 Å². The lowest BCUT2D eigenvalue weighted by molar-refractivity contribution is 0.0939. The molecule has 24 heavy (non-hydrogen) atoms. The topological polar surface area (TPSA) is 71.3 Å². The van der Waals surface area contributed by atoms with E-state index in [4.69, 9.17) is 14.7 Å². The molecule has 0 unspecified atom stereocenters. The molecule has 1 amide bonds. The molecule has 0 aliphatic rings. The number of methoxy groups -OCH3 is 2. The number of nitrogens with one attached hydrogen (secondary N) is 1. The van der Waals surface area contributed by atoms with Gasteiger partial charge in [-0.3, -0.25) is 4.79 Å². The van der Waals surface area contributed by atoms with Gasteiger partial charge in [0.05, 0.1) is 31.9 Å². The molecule has 0 aliphatic carbocycles. The molecule has 0 radical (unpaired) electrons. The van der Waals surface area contributed by atoms with Crippen molar-refractivity contribution in [1.29, 1.82) is 5.26 Å². The third kappa shape index (κ3) is 3.66. The second kappa shape index (κ2) is 7.51. The van der Waals surface area contributed by atoms with E-state index in [1.54, 1.807) is 38.5 Å². The van der Waals surface area contributed by atoms with Gasteiger partial charge in [-0.25, -0.2) is 0 Å². The highest BCUT2D eigenvalue weighted by Crippen LogP contribution is 2.32. The zero-order chi connectivity index (χ0) is 17.7. The number of carbonyl (C=O) groups is 1. The minimum atomic E-state index is -0.228. The highest BCUT2D eigenvalue weighted by atomic mass is 16.5. The Morgan fingerprint density at radius 1 is 1.17 bits per heavy atom. The number of aryl methyl sites for hydroxylation is 1. The minimum Gasteiger partial charge on any atom is -0.493 e. The van der Waals surface area contributed by atoms with Gasteiger partial charge >= 0.3 is 0 Å². The number of nitriles is 1. The molecule has 1 N–H and O–H groups in total. The van der Waals surface area contributed by atoms with Crippen molar-refractivity contribution in [3.8, 4) is 17.6 Å². The Morgan fingerprint density at radius 2 is 1.83 bits per heavy atom. The Bertz CT molecular complexity index is 794. The van der Waals surface area contributed by atoms with Crippen LogP contribution in [-0.2, 0) is 0 Å². The molecular weight excluding hydrogens is 304 g/mol. The van der Waals surface area contributed by atoms with Crippen molar-refractivity contribution in [3.05, 3.63) is 58.7 Å². The first-order valence-corrected chi connectivity index (χ1v) is 7.53. The SMILES string of the molecule is COc1cc(C)c([C@H](C)NC(=O)c2cccc(C#N)c2)cc1OC. The molecule has 0 fully saturated rings. The van der Waals surface area contributed by atoms with Crippen molar-refractivity contribution in [2.24, 2.45) is 0 Å². The number of benzene rings is 2. The summed E-state index contributed by atoms with van der Waals surface area (Å²) in [6, 6.07) is 12.2. The van der Waals surface area contributed by atoms with Gasteiger partial charge in [0.2, 0.25) is 0 Å². The quantitative estimate of drug-likeness (QED) is 0.915. The zero-order valence-corrected chi connectivity index (χ0v) is 14.2. The number of nitrogens with zero attached hydrogens (tertiary/aromatic N) is 1. The molecule has 1 atom stereocenters.